The summed E-state index contributed by atoms with van der Waals surface area (Å²) in [6.45, 7) is 4.36. The Balaban J connectivity index is 1.97. The molecule has 0 bridgehead atoms. The highest BCUT2D eigenvalue weighted by molar-refractivity contribution is 6.34. The highest BCUT2D eigenvalue weighted by Crippen LogP contribution is 2.33. The van der Waals surface area contributed by atoms with Crippen LogP contribution in [0.5, 0.6) is 0 Å². The molecule has 0 saturated carbocycles. The molecule has 0 spiro atoms. The summed E-state index contributed by atoms with van der Waals surface area (Å²) in [6, 6.07) is 13.1. The van der Waals surface area contributed by atoms with Crippen LogP contribution in [0.3, 0.4) is 0 Å². The summed E-state index contributed by atoms with van der Waals surface area (Å²) < 4.78 is 1.59. The summed E-state index contributed by atoms with van der Waals surface area (Å²) in [7, 11) is 0. The first kappa shape index (κ1) is 15.3. The van der Waals surface area contributed by atoms with Crippen molar-refractivity contribution in [1.82, 2.24) is 9.55 Å². The first-order chi connectivity index (χ1) is 12.1. The van der Waals surface area contributed by atoms with E-state index in [1.807, 2.05) is 50.2 Å². The van der Waals surface area contributed by atoms with Crippen LogP contribution in [0.25, 0.3) is 22.6 Å². The standard InChI is InChI=1S/C20H17N3O2/c1-3-23-18(21-16-7-5-4-6-13(16)20(23)25)11-15-14-10-12(2)8-9-17(14)22-19(15)24/h4-11H,3H2,1-2H3,(H,22,24)/b15-11-. The number of anilines is 1. The van der Waals surface area contributed by atoms with E-state index < -0.39 is 0 Å². The Bertz CT molecular complexity index is 1110. The number of hydrogen-bond acceptors (Lipinski definition) is 3. The van der Waals surface area contributed by atoms with Crippen molar-refractivity contribution in [3.8, 4) is 0 Å². The molecule has 1 aliphatic rings. The Labute approximate surface area is 144 Å². The maximum Gasteiger partial charge on any atom is 0.261 e. The molecule has 5 nitrogen and oxygen atoms in total. The number of aromatic nitrogens is 2. The fourth-order valence-electron chi connectivity index (χ4n) is 3.18. The molecule has 0 atom stereocenters. The van der Waals surface area contributed by atoms with Gasteiger partial charge in [0.05, 0.1) is 16.5 Å². The molecule has 1 aliphatic heterocycles. The van der Waals surface area contributed by atoms with Crippen LogP contribution >= 0.6 is 0 Å². The quantitative estimate of drug-likeness (QED) is 0.733. The highest BCUT2D eigenvalue weighted by Gasteiger charge is 2.24. The maximum atomic E-state index is 12.7. The zero-order valence-corrected chi connectivity index (χ0v) is 14.0. The minimum Gasteiger partial charge on any atom is -0.321 e. The third-order valence-electron chi connectivity index (χ3n) is 4.44. The lowest BCUT2D eigenvalue weighted by atomic mass is 10.0. The number of rotatable bonds is 2. The Hall–Kier alpha value is -3.21. The SMILES string of the molecule is CCn1c(/C=C2\C(=O)Nc3ccc(C)cc32)nc2ccccc2c1=O. The van der Waals surface area contributed by atoms with Crippen LogP contribution in [-0.4, -0.2) is 15.5 Å². The van der Waals surface area contributed by atoms with E-state index in [1.165, 1.54) is 0 Å². The largest absolute Gasteiger partial charge is 0.321 e. The molecule has 3 aromatic rings. The van der Waals surface area contributed by atoms with E-state index in [0.29, 0.717) is 28.8 Å². The second kappa shape index (κ2) is 5.70. The van der Waals surface area contributed by atoms with Crippen LogP contribution in [0.1, 0.15) is 23.9 Å². The summed E-state index contributed by atoms with van der Waals surface area (Å²) in [5.41, 5.74) is 3.77. The topological polar surface area (TPSA) is 64.0 Å². The van der Waals surface area contributed by atoms with Crippen molar-refractivity contribution in [3.05, 3.63) is 69.8 Å². The van der Waals surface area contributed by atoms with Crippen molar-refractivity contribution in [2.45, 2.75) is 20.4 Å². The molecule has 25 heavy (non-hydrogen) atoms. The van der Waals surface area contributed by atoms with Gasteiger partial charge in [0.1, 0.15) is 5.82 Å². The van der Waals surface area contributed by atoms with Crippen molar-refractivity contribution in [3.63, 3.8) is 0 Å². The molecule has 1 amide bonds. The third-order valence-corrected chi connectivity index (χ3v) is 4.44. The van der Waals surface area contributed by atoms with Gasteiger partial charge in [-0.1, -0.05) is 23.8 Å². The van der Waals surface area contributed by atoms with Crippen molar-refractivity contribution in [2.75, 3.05) is 5.32 Å². The molecule has 0 radical (unpaired) electrons. The van der Waals surface area contributed by atoms with Crippen LogP contribution < -0.4 is 10.9 Å². The van der Waals surface area contributed by atoms with Gasteiger partial charge in [0.25, 0.3) is 11.5 Å². The smallest absolute Gasteiger partial charge is 0.261 e. The molecule has 0 aliphatic carbocycles. The van der Waals surface area contributed by atoms with Gasteiger partial charge in [0.15, 0.2) is 0 Å². The number of para-hydroxylation sites is 1. The van der Waals surface area contributed by atoms with Gasteiger partial charge < -0.3 is 5.32 Å². The predicted octanol–water partition coefficient (Wildman–Crippen LogP) is 3.22. The van der Waals surface area contributed by atoms with Crippen LogP contribution in [0.15, 0.2) is 47.3 Å². The monoisotopic (exact) mass is 331 g/mol. The lowest BCUT2D eigenvalue weighted by molar-refractivity contribution is -0.110. The number of nitrogens with zero attached hydrogens (tertiary/aromatic N) is 2. The number of aryl methyl sites for hydroxylation is 1. The van der Waals surface area contributed by atoms with Gasteiger partial charge in [-0.15, -0.1) is 0 Å². The molecular formula is C20H17N3O2. The second-order valence-electron chi connectivity index (χ2n) is 6.10. The summed E-state index contributed by atoms with van der Waals surface area (Å²) >= 11 is 0. The Kier molecular flexibility index (Phi) is 3.50. The number of amides is 1. The Morgan fingerprint density at radius 1 is 1.16 bits per heavy atom. The van der Waals surface area contributed by atoms with Gasteiger partial charge in [0.2, 0.25) is 0 Å². The van der Waals surface area contributed by atoms with Crippen molar-refractivity contribution < 1.29 is 4.79 Å². The minimum absolute atomic E-state index is 0.0946. The number of carbonyl (C=O) groups is 1. The number of nitrogens with one attached hydrogen (secondary N) is 1. The van der Waals surface area contributed by atoms with Gasteiger partial charge >= 0.3 is 0 Å². The van der Waals surface area contributed by atoms with Gasteiger partial charge in [-0.25, -0.2) is 4.98 Å². The molecule has 4 rings (SSSR count). The number of hydrogen-bond donors (Lipinski definition) is 1. The molecule has 0 fully saturated rings. The fraction of sp³-hybridized carbons (Fsp3) is 0.150. The molecule has 2 aromatic carbocycles. The third kappa shape index (κ3) is 2.45. The van der Waals surface area contributed by atoms with Crippen LogP contribution in [0.2, 0.25) is 0 Å². The zero-order chi connectivity index (χ0) is 17.6. The molecular weight excluding hydrogens is 314 g/mol. The summed E-state index contributed by atoms with van der Waals surface area (Å²) in [5.74, 6) is 0.316. The molecule has 1 N–H and O–H groups in total. The van der Waals surface area contributed by atoms with Crippen LogP contribution in [0, 0.1) is 6.92 Å². The normalized spacial score (nSPS) is 14.8. The van der Waals surface area contributed by atoms with Crippen molar-refractivity contribution in [2.24, 2.45) is 0 Å². The second-order valence-corrected chi connectivity index (χ2v) is 6.10. The van der Waals surface area contributed by atoms with Gasteiger partial charge in [0, 0.05) is 17.8 Å². The van der Waals surface area contributed by atoms with Crippen molar-refractivity contribution >= 4 is 34.1 Å². The maximum absolute atomic E-state index is 12.7. The lowest BCUT2D eigenvalue weighted by Crippen LogP contribution is -2.23. The van der Waals surface area contributed by atoms with Crippen LogP contribution in [0.4, 0.5) is 5.69 Å². The average molecular weight is 331 g/mol. The molecule has 1 aromatic heterocycles. The highest BCUT2D eigenvalue weighted by atomic mass is 16.2. The van der Waals surface area contributed by atoms with E-state index >= 15 is 0 Å². The Morgan fingerprint density at radius 3 is 2.76 bits per heavy atom. The molecule has 0 unspecified atom stereocenters. The zero-order valence-electron chi connectivity index (χ0n) is 14.0. The summed E-state index contributed by atoms with van der Waals surface area (Å²) in [4.78, 5) is 29.7. The van der Waals surface area contributed by atoms with E-state index in [0.717, 1.165) is 16.8 Å². The molecule has 0 saturated heterocycles. The lowest BCUT2D eigenvalue weighted by Gasteiger charge is -2.09. The molecule has 124 valence electrons. The van der Waals surface area contributed by atoms with Gasteiger partial charge in [-0.2, -0.15) is 0 Å². The Morgan fingerprint density at radius 2 is 1.96 bits per heavy atom. The van der Waals surface area contributed by atoms with E-state index in [-0.39, 0.29) is 11.5 Å². The first-order valence-electron chi connectivity index (χ1n) is 8.22. The molecule has 5 heteroatoms. The number of fused-ring (bicyclic) bond motifs is 2. The summed E-state index contributed by atoms with van der Waals surface area (Å²) in [6.07, 6.45) is 1.71. The van der Waals surface area contributed by atoms with E-state index in [4.69, 9.17) is 0 Å². The number of carbonyl (C=O) groups excluding carboxylic acids is 1. The summed E-state index contributed by atoms with van der Waals surface area (Å²) in [5, 5.41) is 3.44. The minimum atomic E-state index is -0.175. The van der Waals surface area contributed by atoms with E-state index in [2.05, 4.69) is 10.3 Å². The van der Waals surface area contributed by atoms with Crippen LogP contribution in [-0.2, 0) is 11.3 Å². The predicted molar refractivity (Wildman–Crippen MR) is 99.4 cm³/mol. The first-order valence-corrected chi connectivity index (χ1v) is 8.22. The van der Waals surface area contributed by atoms with Gasteiger partial charge in [-0.3, -0.25) is 14.2 Å². The fourth-order valence-corrected chi connectivity index (χ4v) is 3.18. The van der Waals surface area contributed by atoms with E-state index in [1.54, 1.807) is 16.7 Å². The average Bonchev–Trinajstić information content (AvgIpc) is 2.90. The van der Waals surface area contributed by atoms with Gasteiger partial charge in [-0.05, 0) is 44.2 Å². The van der Waals surface area contributed by atoms with E-state index in [9.17, 15) is 9.59 Å². The van der Waals surface area contributed by atoms with Crippen molar-refractivity contribution in [1.29, 1.82) is 0 Å². The number of benzene rings is 2. The molecule has 2 heterocycles.